The van der Waals surface area contributed by atoms with Crippen molar-refractivity contribution in [2.45, 2.75) is 0 Å². The van der Waals surface area contributed by atoms with Crippen LogP contribution in [0, 0.1) is 5.95 Å². The van der Waals surface area contributed by atoms with Gasteiger partial charge in [-0.25, -0.2) is 4.98 Å². The second-order valence-corrected chi connectivity index (χ2v) is 3.61. The molecule has 0 spiro atoms. The molecule has 0 saturated heterocycles. The Kier molecular flexibility index (Phi) is 2.20. The molecule has 3 N–H and O–H groups in total. The second-order valence-electron chi connectivity index (χ2n) is 2.70. The Morgan fingerprint density at radius 1 is 1.43 bits per heavy atom. The van der Waals surface area contributed by atoms with E-state index in [1.54, 1.807) is 12.1 Å². The Labute approximate surface area is 87.5 Å². The smallest absolute Gasteiger partial charge is 0.222 e. The van der Waals surface area contributed by atoms with E-state index in [9.17, 15) is 4.39 Å². The van der Waals surface area contributed by atoms with E-state index >= 15 is 0 Å². The van der Waals surface area contributed by atoms with Gasteiger partial charge in [-0.2, -0.15) is 9.49 Å². The predicted molar refractivity (Wildman–Crippen MR) is 53.9 cm³/mol. The first kappa shape index (κ1) is 9.14. The van der Waals surface area contributed by atoms with Gasteiger partial charge in [0, 0.05) is 16.7 Å². The van der Waals surface area contributed by atoms with E-state index < -0.39 is 5.95 Å². The Morgan fingerprint density at radius 3 is 2.86 bits per heavy atom. The van der Waals surface area contributed by atoms with Crippen molar-refractivity contribution in [3.8, 4) is 11.3 Å². The van der Waals surface area contributed by atoms with Crippen molar-refractivity contribution in [3.05, 3.63) is 28.7 Å². The zero-order valence-electron chi connectivity index (χ0n) is 6.96. The molecule has 2 aromatic rings. The molecule has 6 heteroatoms. The molecule has 2 aromatic heterocycles. The lowest BCUT2D eigenvalue weighted by Gasteiger charge is -1.98. The predicted octanol–water partition coefficient (Wildman–Crippen LogP) is 1.96. The van der Waals surface area contributed by atoms with Crippen molar-refractivity contribution < 1.29 is 4.39 Å². The largest absolute Gasteiger partial charge is 0.382 e. The summed E-state index contributed by atoms with van der Waals surface area (Å²) < 4.78 is 13.9. The molecule has 0 aliphatic carbocycles. The molecule has 4 nitrogen and oxygen atoms in total. The maximum Gasteiger partial charge on any atom is 0.222 e. The normalized spacial score (nSPS) is 10.4. The lowest BCUT2D eigenvalue weighted by Crippen LogP contribution is -1.88. The number of nitrogen functional groups attached to an aromatic ring is 1. The first-order valence-corrected chi connectivity index (χ1v) is 4.58. The van der Waals surface area contributed by atoms with Crippen LogP contribution in [0.5, 0.6) is 0 Å². The van der Waals surface area contributed by atoms with Crippen LogP contribution in [-0.2, 0) is 0 Å². The van der Waals surface area contributed by atoms with Gasteiger partial charge in [-0.3, -0.25) is 5.10 Å². The molecule has 0 bridgehead atoms. The highest BCUT2D eigenvalue weighted by Gasteiger charge is 2.09. The van der Waals surface area contributed by atoms with Crippen LogP contribution in [0.2, 0.25) is 0 Å². The molecule has 72 valence electrons. The van der Waals surface area contributed by atoms with Crippen molar-refractivity contribution in [1.29, 1.82) is 0 Å². The van der Waals surface area contributed by atoms with Gasteiger partial charge in [0.2, 0.25) is 5.95 Å². The number of hydrogen-bond acceptors (Lipinski definition) is 3. The van der Waals surface area contributed by atoms with Crippen LogP contribution in [0.25, 0.3) is 11.3 Å². The van der Waals surface area contributed by atoms with E-state index in [-0.39, 0.29) is 0 Å². The first-order chi connectivity index (χ1) is 6.66. The number of pyridine rings is 1. The summed E-state index contributed by atoms with van der Waals surface area (Å²) in [6.45, 7) is 0. The van der Waals surface area contributed by atoms with Crippen LogP contribution in [0.3, 0.4) is 0 Å². The SMILES string of the molecule is Nc1cc(-c2cc(Br)cnc2F)[nH]n1. The monoisotopic (exact) mass is 256 g/mol. The number of nitrogens with two attached hydrogens (primary N) is 1. The summed E-state index contributed by atoms with van der Waals surface area (Å²) in [4.78, 5) is 3.56. The van der Waals surface area contributed by atoms with E-state index in [2.05, 4.69) is 31.1 Å². The van der Waals surface area contributed by atoms with Crippen molar-refractivity contribution in [2.24, 2.45) is 0 Å². The van der Waals surface area contributed by atoms with Gasteiger partial charge in [-0.15, -0.1) is 0 Å². The fourth-order valence-corrected chi connectivity index (χ4v) is 1.42. The van der Waals surface area contributed by atoms with Crippen molar-refractivity contribution >= 4 is 21.7 Å². The third kappa shape index (κ3) is 1.60. The zero-order chi connectivity index (χ0) is 10.1. The zero-order valence-corrected chi connectivity index (χ0v) is 8.55. The maximum atomic E-state index is 13.2. The fraction of sp³-hybridized carbons (Fsp3) is 0. The highest BCUT2D eigenvalue weighted by atomic mass is 79.9. The number of anilines is 1. The summed E-state index contributed by atoms with van der Waals surface area (Å²) in [6, 6.07) is 3.15. The van der Waals surface area contributed by atoms with Crippen LogP contribution in [0.4, 0.5) is 10.2 Å². The van der Waals surface area contributed by atoms with E-state index in [4.69, 9.17) is 5.73 Å². The molecule has 0 amide bonds. The number of aromatic amines is 1. The number of hydrogen-bond donors (Lipinski definition) is 2. The van der Waals surface area contributed by atoms with Crippen molar-refractivity contribution in [2.75, 3.05) is 5.73 Å². The Bertz CT molecular complexity index is 468. The Balaban J connectivity index is 2.55. The minimum Gasteiger partial charge on any atom is -0.382 e. The molecule has 0 radical (unpaired) electrons. The molecule has 0 saturated carbocycles. The summed E-state index contributed by atoms with van der Waals surface area (Å²) >= 11 is 3.21. The number of nitrogens with one attached hydrogen (secondary N) is 1. The van der Waals surface area contributed by atoms with Crippen LogP contribution >= 0.6 is 15.9 Å². The Morgan fingerprint density at radius 2 is 2.21 bits per heavy atom. The van der Waals surface area contributed by atoms with Crippen molar-refractivity contribution in [3.63, 3.8) is 0 Å². The minimum atomic E-state index is -0.558. The van der Waals surface area contributed by atoms with E-state index in [0.717, 1.165) is 0 Å². The fourth-order valence-electron chi connectivity index (χ4n) is 1.09. The highest BCUT2D eigenvalue weighted by molar-refractivity contribution is 9.10. The van der Waals surface area contributed by atoms with Gasteiger partial charge < -0.3 is 5.73 Å². The number of rotatable bonds is 1. The van der Waals surface area contributed by atoms with Gasteiger partial charge >= 0.3 is 0 Å². The number of aromatic nitrogens is 3. The molecule has 0 fully saturated rings. The maximum absolute atomic E-state index is 13.2. The molecule has 14 heavy (non-hydrogen) atoms. The van der Waals surface area contributed by atoms with Gasteiger partial charge in [0.05, 0.1) is 11.3 Å². The van der Waals surface area contributed by atoms with Crippen LogP contribution in [0.1, 0.15) is 0 Å². The van der Waals surface area contributed by atoms with E-state index in [1.165, 1.54) is 6.20 Å². The minimum absolute atomic E-state index is 0.319. The third-order valence-corrected chi connectivity index (χ3v) is 2.13. The molecule has 0 aromatic carbocycles. The van der Waals surface area contributed by atoms with Crippen LogP contribution < -0.4 is 5.73 Å². The lowest BCUT2D eigenvalue weighted by molar-refractivity contribution is 0.586. The van der Waals surface area contributed by atoms with Crippen LogP contribution in [0.15, 0.2) is 22.8 Å². The molecular formula is C8H6BrFN4. The average Bonchev–Trinajstić information content (AvgIpc) is 2.56. The van der Waals surface area contributed by atoms with Gasteiger partial charge in [-0.1, -0.05) is 0 Å². The molecule has 2 heterocycles. The average molecular weight is 257 g/mol. The number of halogens is 2. The molecule has 2 rings (SSSR count). The van der Waals surface area contributed by atoms with Gasteiger partial charge in [-0.05, 0) is 22.0 Å². The third-order valence-electron chi connectivity index (χ3n) is 1.69. The summed E-state index contributed by atoms with van der Waals surface area (Å²) in [5.74, 6) is -0.240. The van der Waals surface area contributed by atoms with E-state index in [0.29, 0.717) is 21.5 Å². The number of H-pyrrole nitrogens is 1. The molecule has 0 unspecified atom stereocenters. The lowest BCUT2D eigenvalue weighted by atomic mass is 10.2. The van der Waals surface area contributed by atoms with Crippen LogP contribution in [-0.4, -0.2) is 15.2 Å². The quantitative estimate of drug-likeness (QED) is 0.767. The Hall–Kier alpha value is -1.43. The molecular weight excluding hydrogens is 251 g/mol. The topological polar surface area (TPSA) is 67.6 Å². The molecule has 0 atom stereocenters. The summed E-state index contributed by atoms with van der Waals surface area (Å²) in [6.07, 6.45) is 1.39. The van der Waals surface area contributed by atoms with Gasteiger partial charge in [0.15, 0.2) is 0 Å². The summed E-state index contributed by atoms with van der Waals surface area (Å²) in [5, 5.41) is 6.32. The highest BCUT2D eigenvalue weighted by Crippen LogP contribution is 2.23. The van der Waals surface area contributed by atoms with Gasteiger partial charge in [0.1, 0.15) is 5.82 Å². The van der Waals surface area contributed by atoms with Crippen molar-refractivity contribution in [1.82, 2.24) is 15.2 Å². The molecule has 0 aliphatic heterocycles. The summed E-state index contributed by atoms with van der Waals surface area (Å²) in [7, 11) is 0. The molecule has 0 aliphatic rings. The van der Waals surface area contributed by atoms with E-state index in [1.807, 2.05) is 0 Å². The summed E-state index contributed by atoms with van der Waals surface area (Å²) in [5.41, 5.74) is 6.25. The standard InChI is InChI=1S/C8H6BrFN4/c9-4-1-5(8(10)12-3-4)6-2-7(11)14-13-6/h1-3H,(H3,11,13,14). The first-order valence-electron chi connectivity index (χ1n) is 3.79. The second kappa shape index (κ2) is 3.38. The number of nitrogens with zero attached hydrogens (tertiary/aromatic N) is 2. The van der Waals surface area contributed by atoms with Gasteiger partial charge in [0.25, 0.3) is 0 Å².